The molecule has 0 aromatic rings. The van der Waals surface area contributed by atoms with E-state index < -0.39 is 5.60 Å². The van der Waals surface area contributed by atoms with Crippen LogP contribution in [0, 0.1) is 0 Å². The first-order chi connectivity index (χ1) is 8.19. The Bertz CT molecular complexity index is 247. The fraction of sp³-hybridized carbons (Fsp3) is 0.800. The maximum atomic E-state index is 12.0. The van der Waals surface area contributed by atoms with Gasteiger partial charge in [-0.15, -0.1) is 6.58 Å². The molecule has 1 aliphatic carbocycles. The Morgan fingerprint density at radius 1 is 1.06 bits per heavy atom. The first kappa shape index (κ1) is 14.4. The van der Waals surface area contributed by atoms with E-state index in [1.807, 2.05) is 0 Å². The SMILES string of the molecule is C=CC[C@]1(O)CCCCCCCCCCC1=O. The molecule has 0 unspecified atom stereocenters. The molecule has 1 aliphatic rings. The Hall–Kier alpha value is -0.630. The van der Waals surface area contributed by atoms with Gasteiger partial charge in [0.2, 0.25) is 0 Å². The van der Waals surface area contributed by atoms with Crippen molar-refractivity contribution in [2.24, 2.45) is 0 Å². The fourth-order valence-corrected chi connectivity index (χ4v) is 2.59. The molecule has 1 fully saturated rings. The predicted octanol–water partition coefficient (Wildman–Crippen LogP) is 3.78. The summed E-state index contributed by atoms with van der Waals surface area (Å²) in [5.41, 5.74) is -1.12. The molecule has 0 radical (unpaired) electrons. The summed E-state index contributed by atoms with van der Waals surface area (Å²) in [6.07, 6.45) is 12.4. The van der Waals surface area contributed by atoms with Gasteiger partial charge < -0.3 is 5.11 Å². The number of aliphatic hydroxyl groups is 1. The van der Waals surface area contributed by atoms with Crippen LogP contribution in [0.4, 0.5) is 0 Å². The number of carbonyl (C=O) groups excluding carboxylic acids is 1. The highest BCUT2D eigenvalue weighted by molar-refractivity contribution is 5.87. The number of ketones is 1. The zero-order valence-corrected chi connectivity index (χ0v) is 10.9. The van der Waals surface area contributed by atoms with E-state index in [0.717, 1.165) is 25.7 Å². The number of hydrogen-bond donors (Lipinski definition) is 1. The summed E-state index contributed by atoms with van der Waals surface area (Å²) in [5, 5.41) is 10.4. The van der Waals surface area contributed by atoms with Gasteiger partial charge in [-0.05, 0) is 12.8 Å². The minimum absolute atomic E-state index is 0.0259. The monoisotopic (exact) mass is 238 g/mol. The summed E-state index contributed by atoms with van der Waals surface area (Å²) >= 11 is 0. The van der Waals surface area contributed by atoms with Crippen LogP contribution in [0.1, 0.15) is 70.6 Å². The second-order valence-electron chi connectivity index (χ2n) is 5.28. The Morgan fingerprint density at radius 3 is 2.18 bits per heavy atom. The first-order valence-electron chi connectivity index (χ1n) is 7.05. The Morgan fingerprint density at radius 2 is 1.59 bits per heavy atom. The van der Waals surface area contributed by atoms with E-state index in [1.165, 1.54) is 25.7 Å². The number of Topliss-reactive ketones (excluding diaryl/α,β-unsaturated/α-hetero) is 1. The van der Waals surface area contributed by atoms with Gasteiger partial charge in [0, 0.05) is 12.8 Å². The van der Waals surface area contributed by atoms with Crippen molar-refractivity contribution in [2.75, 3.05) is 0 Å². The van der Waals surface area contributed by atoms with Crippen LogP contribution in [0.15, 0.2) is 12.7 Å². The Labute approximate surface area is 105 Å². The van der Waals surface area contributed by atoms with Crippen molar-refractivity contribution in [2.45, 2.75) is 76.2 Å². The lowest BCUT2D eigenvalue weighted by molar-refractivity contribution is -0.138. The fourth-order valence-electron chi connectivity index (χ4n) is 2.59. The number of carbonyl (C=O) groups is 1. The molecule has 0 aliphatic heterocycles. The third-order valence-electron chi connectivity index (χ3n) is 3.75. The normalized spacial score (nSPS) is 29.1. The van der Waals surface area contributed by atoms with Crippen LogP contribution in [-0.2, 0) is 4.79 Å². The Kier molecular flexibility index (Phi) is 6.49. The lowest BCUT2D eigenvalue weighted by Crippen LogP contribution is -2.38. The Balaban J connectivity index is 2.56. The molecule has 1 atom stereocenters. The summed E-state index contributed by atoms with van der Waals surface area (Å²) in [7, 11) is 0. The van der Waals surface area contributed by atoms with Crippen LogP contribution in [-0.4, -0.2) is 16.5 Å². The molecule has 0 aromatic heterocycles. The van der Waals surface area contributed by atoms with E-state index >= 15 is 0 Å². The largest absolute Gasteiger partial charge is 0.382 e. The highest BCUT2D eigenvalue weighted by Crippen LogP contribution is 2.25. The van der Waals surface area contributed by atoms with Crippen LogP contribution in [0.25, 0.3) is 0 Å². The summed E-state index contributed by atoms with van der Waals surface area (Å²) in [4.78, 5) is 12.0. The molecule has 1 rings (SSSR count). The van der Waals surface area contributed by atoms with Gasteiger partial charge in [0.05, 0.1) is 0 Å². The standard InChI is InChI=1S/C15H26O2/c1-2-12-15(17)13-10-8-6-4-3-5-7-9-11-14(15)16/h2,17H,1,3-13H2/t15-/m0/s1. The molecule has 98 valence electrons. The third-order valence-corrected chi connectivity index (χ3v) is 3.75. The molecule has 0 amide bonds. The summed E-state index contributed by atoms with van der Waals surface area (Å²) < 4.78 is 0. The van der Waals surface area contributed by atoms with Crippen molar-refractivity contribution in [3.8, 4) is 0 Å². The molecule has 1 N–H and O–H groups in total. The summed E-state index contributed by atoms with van der Waals surface area (Å²) in [5.74, 6) is 0.0259. The van der Waals surface area contributed by atoms with Gasteiger partial charge in [0.15, 0.2) is 5.78 Å². The zero-order chi connectivity index (χ0) is 12.6. The van der Waals surface area contributed by atoms with Gasteiger partial charge in [0.1, 0.15) is 5.60 Å². The predicted molar refractivity (Wildman–Crippen MR) is 70.9 cm³/mol. The highest BCUT2D eigenvalue weighted by atomic mass is 16.3. The molecule has 0 bridgehead atoms. The lowest BCUT2D eigenvalue weighted by atomic mass is 9.85. The summed E-state index contributed by atoms with van der Waals surface area (Å²) in [6, 6.07) is 0. The second kappa shape index (κ2) is 7.65. The van der Waals surface area contributed by atoms with Gasteiger partial charge in [0.25, 0.3) is 0 Å². The van der Waals surface area contributed by atoms with Crippen molar-refractivity contribution in [3.63, 3.8) is 0 Å². The van der Waals surface area contributed by atoms with Crippen LogP contribution in [0.5, 0.6) is 0 Å². The lowest BCUT2D eigenvalue weighted by Gasteiger charge is -2.26. The highest BCUT2D eigenvalue weighted by Gasteiger charge is 2.32. The van der Waals surface area contributed by atoms with Crippen molar-refractivity contribution in [1.29, 1.82) is 0 Å². The van der Waals surface area contributed by atoms with E-state index in [-0.39, 0.29) is 5.78 Å². The van der Waals surface area contributed by atoms with Crippen LogP contribution in [0.3, 0.4) is 0 Å². The van der Waals surface area contributed by atoms with Gasteiger partial charge in [-0.2, -0.15) is 0 Å². The topological polar surface area (TPSA) is 37.3 Å². The van der Waals surface area contributed by atoms with Crippen LogP contribution in [0.2, 0.25) is 0 Å². The van der Waals surface area contributed by atoms with E-state index in [2.05, 4.69) is 6.58 Å². The molecule has 2 heteroatoms. The van der Waals surface area contributed by atoms with Gasteiger partial charge in [-0.3, -0.25) is 4.79 Å². The van der Waals surface area contributed by atoms with Gasteiger partial charge >= 0.3 is 0 Å². The van der Waals surface area contributed by atoms with E-state index in [1.54, 1.807) is 6.08 Å². The van der Waals surface area contributed by atoms with Gasteiger partial charge in [-0.25, -0.2) is 0 Å². The average Bonchev–Trinajstić information content (AvgIpc) is 2.30. The molecular weight excluding hydrogens is 212 g/mol. The molecule has 0 spiro atoms. The molecule has 2 nitrogen and oxygen atoms in total. The molecule has 17 heavy (non-hydrogen) atoms. The van der Waals surface area contributed by atoms with E-state index in [0.29, 0.717) is 19.3 Å². The third kappa shape index (κ3) is 5.03. The van der Waals surface area contributed by atoms with Crippen LogP contribution >= 0.6 is 0 Å². The zero-order valence-electron chi connectivity index (χ0n) is 10.9. The minimum Gasteiger partial charge on any atom is -0.382 e. The molecule has 0 heterocycles. The van der Waals surface area contributed by atoms with Crippen molar-refractivity contribution >= 4 is 5.78 Å². The molecule has 0 saturated heterocycles. The minimum atomic E-state index is -1.12. The maximum Gasteiger partial charge on any atom is 0.164 e. The quantitative estimate of drug-likeness (QED) is 0.743. The van der Waals surface area contributed by atoms with Crippen molar-refractivity contribution < 1.29 is 9.90 Å². The number of hydrogen-bond acceptors (Lipinski definition) is 2. The second-order valence-corrected chi connectivity index (χ2v) is 5.28. The smallest absolute Gasteiger partial charge is 0.164 e. The van der Waals surface area contributed by atoms with Gasteiger partial charge in [-0.1, -0.05) is 51.0 Å². The number of rotatable bonds is 2. The molecular formula is C15H26O2. The molecule has 1 saturated carbocycles. The van der Waals surface area contributed by atoms with Crippen molar-refractivity contribution in [3.05, 3.63) is 12.7 Å². The maximum absolute atomic E-state index is 12.0. The van der Waals surface area contributed by atoms with E-state index in [9.17, 15) is 9.90 Å². The molecule has 0 aromatic carbocycles. The average molecular weight is 238 g/mol. The summed E-state index contributed by atoms with van der Waals surface area (Å²) in [6.45, 7) is 3.65. The van der Waals surface area contributed by atoms with E-state index in [4.69, 9.17) is 0 Å². The first-order valence-corrected chi connectivity index (χ1v) is 7.05. The van der Waals surface area contributed by atoms with Crippen molar-refractivity contribution in [1.82, 2.24) is 0 Å². The van der Waals surface area contributed by atoms with Crippen LogP contribution < -0.4 is 0 Å².